The Morgan fingerprint density at radius 1 is 0.778 bits per heavy atom. The third kappa shape index (κ3) is 3.01. The van der Waals surface area contributed by atoms with E-state index in [0.29, 0.717) is 0 Å². The Bertz CT molecular complexity index is 523. The van der Waals surface area contributed by atoms with Crippen molar-refractivity contribution < 1.29 is 0 Å². The minimum atomic E-state index is 1.13. The van der Waals surface area contributed by atoms with Crippen LogP contribution >= 0.6 is 0 Å². The van der Waals surface area contributed by atoms with Crippen LogP contribution in [0.3, 0.4) is 0 Å². The lowest BCUT2D eigenvalue weighted by Gasteiger charge is -2.10. The van der Waals surface area contributed by atoms with Gasteiger partial charge in [0.25, 0.3) is 0 Å². The Labute approximate surface area is 111 Å². The highest BCUT2D eigenvalue weighted by molar-refractivity contribution is 5.33. The first-order chi connectivity index (χ1) is 8.70. The monoisotopic (exact) mass is 238 g/mol. The fourth-order valence-electron chi connectivity index (χ4n) is 2.54. The number of hydrogen-bond donors (Lipinski definition) is 0. The summed E-state index contributed by atoms with van der Waals surface area (Å²) in [7, 11) is 0. The molecule has 18 heavy (non-hydrogen) atoms. The lowest BCUT2D eigenvalue weighted by molar-refractivity contribution is 0.922. The van der Waals surface area contributed by atoms with Crippen LogP contribution in [0.25, 0.3) is 0 Å². The van der Waals surface area contributed by atoms with E-state index in [1.807, 2.05) is 0 Å². The second kappa shape index (κ2) is 5.86. The molecule has 0 saturated heterocycles. The quantitative estimate of drug-likeness (QED) is 0.727. The molecule has 0 aliphatic heterocycles. The van der Waals surface area contributed by atoms with Crippen molar-refractivity contribution in [1.29, 1.82) is 0 Å². The van der Waals surface area contributed by atoms with Gasteiger partial charge < -0.3 is 0 Å². The summed E-state index contributed by atoms with van der Waals surface area (Å²) in [6.07, 6.45) is 3.42. The average Bonchev–Trinajstić information content (AvgIpc) is 2.38. The van der Waals surface area contributed by atoms with Gasteiger partial charge in [-0.05, 0) is 55.4 Å². The van der Waals surface area contributed by atoms with Gasteiger partial charge in [0.2, 0.25) is 0 Å². The molecular formula is C18H22. The van der Waals surface area contributed by atoms with E-state index in [4.69, 9.17) is 0 Å². The normalized spacial score (nSPS) is 10.6. The van der Waals surface area contributed by atoms with E-state index in [1.165, 1.54) is 27.8 Å². The zero-order valence-electron chi connectivity index (χ0n) is 11.7. The summed E-state index contributed by atoms with van der Waals surface area (Å²) in [5.74, 6) is 0. The first kappa shape index (κ1) is 12.9. The lowest BCUT2D eigenvalue weighted by atomic mass is 9.96. The highest BCUT2D eigenvalue weighted by Gasteiger charge is 2.02. The topological polar surface area (TPSA) is 0 Å². The Morgan fingerprint density at radius 3 is 2.11 bits per heavy atom. The van der Waals surface area contributed by atoms with Gasteiger partial charge in [0.15, 0.2) is 0 Å². The van der Waals surface area contributed by atoms with Gasteiger partial charge in [0, 0.05) is 0 Å². The Hall–Kier alpha value is -1.56. The van der Waals surface area contributed by atoms with Crippen molar-refractivity contribution >= 4 is 0 Å². The number of hydrogen-bond acceptors (Lipinski definition) is 0. The fraction of sp³-hybridized carbons (Fsp3) is 0.333. The highest BCUT2D eigenvalue weighted by atomic mass is 14.1. The third-order valence-corrected chi connectivity index (χ3v) is 3.66. The highest BCUT2D eigenvalue weighted by Crippen LogP contribution is 2.16. The second-order valence-electron chi connectivity index (χ2n) is 5.05. The molecule has 94 valence electrons. The minimum Gasteiger partial charge on any atom is -0.0620 e. The van der Waals surface area contributed by atoms with Gasteiger partial charge in [-0.3, -0.25) is 0 Å². The van der Waals surface area contributed by atoms with Crippen molar-refractivity contribution in [2.45, 2.75) is 40.0 Å². The molecule has 0 heterocycles. The maximum Gasteiger partial charge on any atom is -0.0235 e. The van der Waals surface area contributed by atoms with Crippen molar-refractivity contribution in [3.63, 3.8) is 0 Å². The summed E-state index contributed by atoms with van der Waals surface area (Å²) in [5, 5.41) is 0. The summed E-state index contributed by atoms with van der Waals surface area (Å²) < 4.78 is 0. The molecule has 0 unspecified atom stereocenters. The predicted molar refractivity (Wildman–Crippen MR) is 79.1 cm³/mol. The zero-order valence-corrected chi connectivity index (χ0v) is 11.7. The molecule has 0 radical (unpaired) electrons. The van der Waals surface area contributed by atoms with Crippen LogP contribution in [0.2, 0.25) is 0 Å². The lowest BCUT2D eigenvalue weighted by Crippen LogP contribution is -1.98. The Morgan fingerprint density at radius 2 is 1.44 bits per heavy atom. The number of aryl methyl sites for hydroxylation is 5. The first-order valence-electron chi connectivity index (χ1n) is 6.83. The van der Waals surface area contributed by atoms with Crippen molar-refractivity contribution in [2.75, 3.05) is 0 Å². The molecule has 0 amide bonds. The third-order valence-electron chi connectivity index (χ3n) is 3.66. The van der Waals surface area contributed by atoms with Crippen LogP contribution in [-0.2, 0) is 19.3 Å². The Kier molecular flexibility index (Phi) is 4.19. The van der Waals surface area contributed by atoms with Gasteiger partial charge in [-0.15, -0.1) is 0 Å². The van der Waals surface area contributed by atoms with Crippen LogP contribution in [0.1, 0.15) is 34.7 Å². The maximum absolute atomic E-state index is 2.28. The first-order valence-corrected chi connectivity index (χ1v) is 6.83. The second-order valence-corrected chi connectivity index (χ2v) is 5.05. The van der Waals surface area contributed by atoms with Crippen LogP contribution in [-0.4, -0.2) is 0 Å². The molecule has 0 aliphatic carbocycles. The van der Waals surface area contributed by atoms with E-state index < -0.39 is 0 Å². The molecule has 2 aromatic rings. The standard InChI is InChI=1S/C18H22/c1-4-16-7-5-6-8-18(16)12-11-17-10-9-14(2)13-15(17)3/h5-10,13H,4,11-12H2,1-3H3. The molecule has 0 bridgehead atoms. The van der Waals surface area contributed by atoms with Crippen molar-refractivity contribution in [3.05, 3.63) is 70.3 Å². The summed E-state index contributed by atoms with van der Waals surface area (Å²) in [6.45, 7) is 6.60. The van der Waals surface area contributed by atoms with E-state index in [9.17, 15) is 0 Å². The number of benzene rings is 2. The Balaban J connectivity index is 2.11. The van der Waals surface area contributed by atoms with Crippen LogP contribution < -0.4 is 0 Å². The molecule has 0 saturated carbocycles. The number of rotatable bonds is 4. The molecule has 2 aromatic carbocycles. The van der Waals surface area contributed by atoms with E-state index in [-0.39, 0.29) is 0 Å². The molecule has 0 nitrogen and oxygen atoms in total. The molecule has 2 rings (SSSR count). The molecule has 0 spiro atoms. The molecule has 0 heteroatoms. The van der Waals surface area contributed by atoms with Crippen molar-refractivity contribution in [1.82, 2.24) is 0 Å². The van der Waals surface area contributed by atoms with Crippen LogP contribution in [0.15, 0.2) is 42.5 Å². The molecule has 0 N–H and O–H groups in total. The van der Waals surface area contributed by atoms with E-state index in [1.54, 1.807) is 0 Å². The van der Waals surface area contributed by atoms with Gasteiger partial charge in [0.1, 0.15) is 0 Å². The van der Waals surface area contributed by atoms with Gasteiger partial charge in [-0.1, -0.05) is 55.0 Å². The van der Waals surface area contributed by atoms with Gasteiger partial charge in [0.05, 0.1) is 0 Å². The minimum absolute atomic E-state index is 1.13. The van der Waals surface area contributed by atoms with Crippen LogP contribution in [0, 0.1) is 13.8 Å². The van der Waals surface area contributed by atoms with Crippen molar-refractivity contribution in [3.8, 4) is 0 Å². The predicted octanol–water partition coefficient (Wildman–Crippen LogP) is 4.65. The van der Waals surface area contributed by atoms with Gasteiger partial charge in [-0.25, -0.2) is 0 Å². The zero-order chi connectivity index (χ0) is 13.0. The smallest absolute Gasteiger partial charge is 0.0235 e. The average molecular weight is 238 g/mol. The molecule has 0 aromatic heterocycles. The maximum atomic E-state index is 2.28. The molecule has 0 atom stereocenters. The largest absolute Gasteiger partial charge is 0.0620 e. The summed E-state index contributed by atoms with van der Waals surface area (Å²) >= 11 is 0. The summed E-state index contributed by atoms with van der Waals surface area (Å²) in [6, 6.07) is 15.6. The van der Waals surface area contributed by atoms with E-state index in [2.05, 4.69) is 63.2 Å². The van der Waals surface area contributed by atoms with Crippen LogP contribution in [0.5, 0.6) is 0 Å². The molecular weight excluding hydrogens is 216 g/mol. The van der Waals surface area contributed by atoms with E-state index in [0.717, 1.165) is 19.3 Å². The summed E-state index contributed by atoms with van der Waals surface area (Å²) in [4.78, 5) is 0. The fourth-order valence-corrected chi connectivity index (χ4v) is 2.54. The van der Waals surface area contributed by atoms with Crippen LogP contribution in [0.4, 0.5) is 0 Å². The van der Waals surface area contributed by atoms with E-state index >= 15 is 0 Å². The summed E-state index contributed by atoms with van der Waals surface area (Å²) in [5.41, 5.74) is 7.24. The van der Waals surface area contributed by atoms with Crippen molar-refractivity contribution in [2.24, 2.45) is 0 Å². The molecule has 0 aliphatic rings. The SMILES string of the molecule is CCc1ccccc1CCc1ccc(C)cc1C. The van der Waals surface area contributed by atoms with Gasteiger partial charge in [-0.2, -0.15) is 0 Å². The molecule has 0 fully saturated rings. The van der Waals surface area contributed by atoms with Gasteiger partial charge >= 0.3 is 0 Å².